The lowest BCUT2D eigenvalue weighted by molar-refractivity contribution is -0.154. The molecule has 2 aromatic rings. The van der Waals surface area contributed by atoms with Crippen LogP contribution >= 0.6 is 0 Å². The molecule has 0 N–H and O–H groups in total. The molecule has 0 radical (unpaired) electrons. The molecule has 4 rings (SSSR count). The molecule has 2 saturated heterocycles. The predicted molar refractivity (Wildman–Crippen MR) is 150 cm³/mol. The first-order valence-corrected chi connectivity index (χ1v) is 14.3. The fourth-order valence-corrected chi connectivity index (χ4v) is 4.55. The Kier molecular flexibility index (Phi) is 11.4. The topological polar surface area (TPSA) is 89.5 Å². The maximum absolute atomic E-state index is 12.5. The molecule has 8 nitrogen and oxygen atoms in total. The Hall–Kier alpha value is -3.36. The summed E-state index contributed by atoms with van der Waals surface area (Å²) in [4.78, 5) is 24.9. The summed E-state index contributed by atoms with van der Waals surface area (Å²) >= 11 is 0. The van der Waals surface area contributed by atoms with Crippen molar-refractivity contribution in [1.82, 2.24) is 0 Å². The van der Waals surface area contributed by atoms with Gasteiger partial charge in [0.15, 0.2) is 12.2 Å². The van der Waals surface area contributed by atoms with E-state index in [1.165, 1.54) is 6.08 Å². The van der Waals surface area contributed by atoms with Gasteiger partial charge < -0.3 is 28.4 Å². The largest absolute Gasteiger partial charge is 0.494 e. The van der Waals surface area contributed by atoms with Crippen molar-refractivity contribution in [2.75, 3.05) is 26.4 Å². The van der Waals surface area contributed by atoms with Gasteiger partial charge in [0.05, 0.1) is 26.4 Å². The smallest absolute Gasteiger partial charge is 0.331 e. The fraction of sp³-hybridized carbons (Fsp3) is 0.500. The van der Waals surface area contributed by atoms with Crippen molar-refractivity contribution < 1.29 is 38.0 Å². The minimum Gasteiger partial charge on any atom is -0.494 e. The number of fused-ring (bicyclic) bond motifs is 1. The Labute approximate surface area is 236 Å². The highest BCUT2D eigenvalue weighted by Gasteiger charge is 2.51. The van der Waals surface area contributed by atoms with E-state index in [0.717, 1.165) is 48.3 Å². The van der Waals surface area contributed by atoms with Crippen molar-refractivity contribution in [3.8, 4) is 11.5 Å². The molecule has 216 valence electrons. The van der Waals surface area contributed by atoms with Crippen LogP contribution in [0.1, 0.15) is 57.1 Å². The average Bonchev–Trinajstić information content (AvgIpc) is 3.55. The Morgan fingerprint density at radius 2 is 1.35 bits per heavy atom. The maximum Gasteiger partial charge on any atom is 0.331 e. The molecule has 0 unspecified atom stereocenters. The molecule has 40 heavy (non-hydrogen) atoms. The van der Waals surface area contributed by atoms with E-state index in [1.807, 2.05) is 48.5 Å². The second-order valence-corrected chi connectivity index (χ2v) is 10.0. The summed E-state index contributed by atoms with van der Waals surface area (Å²) in [5, 5.41) is 0. The summed E-state index contributed by atoms with van der Waals surface area (Å²) in [5.41, 5.74) is 1.90. The lowest BCUT2D eigenvalue weighted by atomic mass is 10.1. The summed E-state index contributed by atoms with van der Waals surface area (Å²) in [7, 11) is 0. The Bertz CT molecular complexity index is 1090. The maximum atomic E-state index is 12.5. The minimum atomic E-state index is -0.557. The normalized spacial score (nSPS) is 21.8. The van der Waals surface area contributed by atoms with E-state index in [4.69, 9.17) is 28.4 Å². The molecule has 2 aliphatic heterocycles. The zero-order valence-electron chi connectivity index (χ0n) is 23.4. The van der Waals surface area contributed by atoms with Crippen LogP contribution in [0, 0.1) is 0 Å². The van der Waals surface area contributed by atoms with Gasteiger partial charge in [0.1, 0.15) is 23.7 Å². The zero-order chi connectivity index (χ0) is 28.2. The van der Waals surface area contributed by atoms with Crippen LogP contribution in [0.3, 0.4) is 0 Å². The first-order chi connectivity index (χ1) is 19.6. The third-order valence-electron chi connectivity index (χ3n) is 6.88. The van der Waals surface area contributed by atoms with Gasteiger partial charge in [-0.05, 0) is 60.7 Å². The first kappa shape index (κ1) is 29.6. The number of rotatable bonds is 15. The molecule has 0 saturated carbocycles. The van der Waals surface area contributed by atoms with Crippen molar-refractivity contribution in [3.05, 3.63) is 65.7 Å². The predicted octanol–water partition coefficient (Wildman–Crippen LogP) is 5.31. The SMILES string of the molecule is CCCCOc1ccc(/C=C/C(=O)O[C@@H]2CO[C@@H]3[C@H]2OC[C@H]3OC(=O)CCc2ccc(OCCCC)cc2)cc1. The van der Waals surface area contributed by atoms with Gasteiger partial charge in [0, 0.05) is 12.5 Å². The van der Waals surface area contributed by atoms with Crippen molar-refractivity contribution in [3.63, 3.8) is 0 Å². The van der Waals surface area contributed by atoms with Crippen molar-refractivity contribution >= 4 is 18.0 Å². The van der Waals surface area contributed by atoms with Crippen LogP contribution in [0.2, 0.25) is 0 Å². The molecule has 2 aliphatic rings. The lowest BCUT2D eigenvalue weighted by Crippen LogP contribution is -2.35. The van der Waals surface area contributed by atoms with E-state index in [1.54, 1.807) is 6.08 Å². The molecule has 2 aromatic carbocycles. The highest BCUT2D eigenvalue weighted by Crippen LogP contribution is 2.31. The number of ether oxygens (including phenoxy) is 6. The molecule has 2 fully saturated rings. The highest BCUT2D eigenvalue weighted by atomic mass is 16.7. The first-order valence-electron chi connectivity index (χ1n) is 14.3. The van der Waals surface area contributed by atoms with Crippen LogP contribution in [0.5, 0.6) is 11.5 Å². The van der Waals surface area contributed by atoms with Gasteiger partial charge in [-0.25, -0.2) is 4.79 Å². The van der Waals surface area contributed by atoms with E-state index in [-0.39, 0.29) is 25.6 Å². The van der Waals surface area contributed by atoms with Gasteiger partial charge in [0.25, 0.3) is 0 Å². The molecule has 0 bridgehead atoms. The molecule has 0 amide bonds. The molecule has 0 spiro atoms. The summed E-state index contributed by atoms with van der Waals surface area (Å²) in [6.45, 7) is 6.04. The van der Waals surface area contributed by atoms with E-state index in [0.29, 0.717) is 19.6 Å². The van der Waals surface area contributed by atoms with Crippen LogP contribution in [0.15, 0.2) is 54.6 Å². The number of hydrogen-bond acceptors (Lipinski definition) is 8. The lowest BCUT2D eigenvalue weighted by Gasteiger charge is -2.17. The Morgan fingerprint density at radius 3 is 1.93 bits per heavy atom. The van der Waals surface area contributed by atoms with E-state index in [9.17, 15) is 9.59 Å². The second kappa shape index (κ2) is 15.4. The number of aryl methyl sites for hydroxylation is 1. The van der Waals surface area contributed by atoms with Gasteiger partial charge in [-0.1, -0.05) is 51.0 Å². The van der Waals surface area contributed by atoms with Crippen LogP contribution < -0.4 is 9.47 Å². The molecule has 0 aliphatic carbocycles. The van der Waals surface area contributed by atoms with Gasteiger partial charge >= 0.3 is 11.9 Å². The molecule has 2 heterocycles. The molecular weight excluding hydrogens is 512 g/mol. The Morgan fingerprint density at radius 1 is 0.800 bits per heavy atom. The van der Waals surface area contributed by atoms with Crippen LogP contribution in [0.25, 0.3) is 6.08 Å². The van der Waals surface area contributed by atoms with E-state index < -0.39 is 30.4 Å². The van der Waals surface area contributed by atoms with Gasteiger partial charge in [-0.2, -0.15) is 0 Å². The van der Waals surface area contributed by atoms with Crippen molar-refractivity contribution in [1.29, 1.82) is 0 Å². The zero-order valence-corrected chi connectivity index (χ0v) is 23.4. The van der Waals surface area contributed by atoms with E-state index in [2.05, 4.69) is 13.8 Å². The average molecular weight is 553 g/mol. The minimum absolute atomic E-state index is 0.194. The Balaban J connectivity index is 1.17. The van der Waals surface area contributed by atoms with Crippen LogP contribution in [-0.2, 0) is 35.0 Å². The van der Waals surface area contributed by atoms with Gasteiger partial charge in [-0.3, -0.25) is 4.79 Å². The summed E-state index contributed by atoms with van der Waals surface area (Å²) in [6, 6.07) is 15.3. The number of carbonyl (C=O) groups excluding carboxylic acids is 2. The second-order valence-electron chi connectivity index (χ2n) is 10.0. The number of hydrogen-bond donors (Lipinski definition) is 0. The molecule has 4 atom stereocenters. The summed E-state index contributed by atoms with van der Waals surface area (Å²) < 4.78 is 34.2. The standard InChI is InChI=1S/C32H40O8/c1-3-5-19-35-25-13-7-23(8-14-25)11-17-29(33)39-27-21-37-32-28(22-38-31(27)32)40-30(34)18-12-24-9-15-26(16-10-24)36-20-6-4-2/h7-11,13-17,27-28,31-32H,3-6,12,18-22H2,1-2H3/b17-11+/t27-,28-,31+,32+/m1/s1. The number of benzene rings is 2. The van der Waals surface area contributed by atoms with Crippen LogP contribution in [-0.4, -0.2) is 62.8 Å². The van der Waals surface area contributed by atoms with Gasteiger partial charge in [0.2, 0.25) is 0 Å². The summed E-state index contributed by atoms with van der Waals surface area (Å²) in [5.74, 6) is 0.840. The molecule has 8 heteroatoms. The fourth-order valence-electron chi connectivity index (χ4n) is 4.55. The summed E-state index contributed by atoms with van der Waals surface area (Å²) in [6.07, 6.45) is 6.11. The third kappa shape index (κ3) is 8.83. The molecular formula is C32H40O8. The highest BCUT2D eigenvalue weighted by molar-refractivity contribution is 5.87. The van der Waals surface area contributed by atoms with Crippen LogP contribution in [0.4, 0.5) is 0 Å². The number of unbranched alkanes of at least 4 members (excludes halogenated alkanes) is 2. The van der Waals surface area contributed by atoms with Crippen molar-refractivity contribution in [2.24, 2.45) is 0 Å². The quantitative estimate of drug-likeness (QED) is 0.167. The van der Waals surface area contributed by atoms with E-state index >= 15 is 0 Å². The van der Waals surface area contributed by atoms with Crippen molar-refractivity contribution in [2.45, 2.75) is 76.8 Å². The monoisotopic (exact) mass is 552 g/mol. The number of esters is 2. The third-order valence-corrected chi connectivity index (χ3v) is 6.88. The van der Waals surface area contributed by atoms with Gasteiger partial charge in [-0.15, -0.1) is 0 Å². The number of carbonyl (C=O) groups is 2. The molecule has 0 aromatic heterocycles.